The molecule has 0 unspecified atom stereocenters. The van der Waals surface area contributed by atoms with Crippen molar-refractivity contribution in [3.63, 3.8) is 0 Å². The molecule has 1 aliphatic heterocycles. The number of aromatic carboxylic acids is 1. The average molecular weight is 383 g/mol. The number of carboxylic acid groups (broad SMARTS) is 1. The van der Waals surface area contributed by atoms with Crippen LogP contribution in [0.15, 0.2) is 66.9 Å². The maximum absolute atomic E-state index is 11.6. The minimum atomic E-state index is -1.18. The molecule has 0 fully saturated rings. The van der Waals surface area contributed by atoms with Crippen molar-refractivity contribution >= 4 is 5.97 Å². The molecule has 2 aromatic carbocycles. The van der Waals surface area contributed by atoms with E-state index >= 15 is 0 Å². The van der Waals surface area contributed by atoms with Crippen molar-refractivity contribution in [3.8, 4) is 11.1 Å². The van der Waals surface area contributed by atoms with Crippen LogP contribution in [0, 0.1) is 0 Å². The number of carbonyl (C=O) groups is 1. The Labute approximate surface area is 201 Å². The Balaban J connectivity index is 0.00000210. The third-order valence-corrected chi connectivity index (χ3v) is 4.85. The zero-order valence-electron chi connectivity index (χ0n) is 15.4. The van der Waals surface area contributed by atoms with Crippen LogP contribution in [0.5, 0.6) is 0 Å². The molecule has 2 heterocycles. The summed E-state index contributed by atoms with van der Waals surface area (Å²) in [7, 11) is 0. The van der Waals surface area contributed by atoms with Gasteiger partial charge in [0.2, 0.25) is 0 Å². The van der Waals surface area contributed by atoms with Crippen molar-refractivity contribution in [2.75, 3.05) is 6.54 Å². The van der Waals surface area contributed by atoms with Gasteiger partial charge in [0.25, 0.3) is 0 Å². The van der Waals surface area contributed by atoms with Gasteiger partial charge in [0.05, 0.1) is 11.7 Å². The number of carboxylic acids is 1. The van der Waals surface area contributed by atoms with E-state index < -0.39 is 5.97 Å². The summed E-state index contributed by atoms with van der Waals surface area (Å²) in [6, 6.07) is 20.0. The third-order valence-electron chi connectivity index (χ3n) is 4.85. The Morgan fingerprint density at radius 2 is 1.70 bits per heavy atom. The fraction of sp³-hybridized carbons (Fsp3) is 0.182. The van der Waals surface area contributed by atoms with Gasteiger partial charge in [-0.1, -0.05) is 60.7 Å². The minimum absolute atomic E-state index is 0. The maximum Gasteiger partial charge on any atom is 1.00 e. The number of nitrogens with zero attached hydrogens (tertiary/aromatic N) is 2. The summed E-state index contributed by atoms with van der Waals surface area (Å²) in [5.74, 6) is -1.18. The van der Waals surface area contributed by atoms with Crippen LogP contribution in [0.25, 0.3) is 11.1 Å². The molecule has 0 saturated carbocycles. The summed E-state index contributed by atoms with van der Waals surface area (Å²) >= 11 is 0. The molecule has 0 aliphatic carbocycles. The first-order chi connectivity index (χ1) is 12.7. The second kappa shape index (κ2) is 9.23. The summed E-state index contributed by atoms with van der Waals surface area (Å²) in [5.41, 5.74) is 5.09. The third kappa shape index (κ3) is 4.56. The quantitative estimate of drug-likeness (QED) is 0.580. The van der Waals surface area contributed by atoms with E-state index in [9.17, 15) is 9.90 Å². The average Bonchev–Trinajstić information content (AvgIpc) is 2.68. The second-order valence-corrected chi connectivity index (χ2v) is 6.57. The van der Waals surface area contributed by atoms with Crippen LogP contribution in [0.2, 0.25) is 0 Å². The predicted octanol–water partition coefficient (Wildman–Crippen LogP) is -0.326. The summed E-state index contributed by atoms with van der Waals surface area (Å²) in [4.78, 5) is 18.4. The molecule has 1 aromatic heterocycles. The Hall–Kier alpha value is -1.34. The normalized spacial score (nSPS) is 13.5. The van der Waals surface area contributed by atoms with E-state index in [1.165, 1.54) is 11.8 Å². The molecule has 0 N–H and O–H groups in total. The second-order valence-electron chi connectivity index (χ2n) is 6.57. The SMILES string of the molecule is O=C([O-])c1cnc2c(c1-c1ccccc1)CCN(Cc1ccccc1)C2.[K+]. The number of carbonyl (C=O) groups excluding carboxylic acids is 1. The van der Waals surface area contributed by atoms with Crippen molar-refractivity contribution in [2.24, 2.45) is 0 Å². The van der Waals surface area contributed by atoms with Gasteiger partial charge < -0.3 is 9.90 Å². The molecule has 0 spiro atoms. The molecule has 1 aliphatic rings. The van der Waals surface area contributed by atoms with E-state index in [0.29, 0.717) is 0 Å². The number of fused-ring (bicyclic) bond motifs is 1. The summed E-state index contributed by atoms with van der Waals surface area (Å²) < 4.78 is 0. The first kappa shape index (κ1) is 20.4. The topological polar surface area (TPSA) is 56.3 Å². The van der Waals surface area contributed by atoms with Crippen LogP contribution in [-0.2, 0) is 19.5 Å². The van der Waals surface area contributed by atoms with E-state index in [1.807, 2.05) is 48.5 Å². The van der Waals surface area contributed by atoms with E-state index in [1.54, 1.807) is 0 Å². The van der Waals surface area contributed by atoms with Crippen molar-refractivity contribution in [1.29, 1.82) is 0 Å². The largest absolute Gasteiger partial charge is 1.00 e. The minimum Gasteiger partial charge on any atom is -0.545 e. The fourth-order valence-electron chi connectivity index (χ4n) is 3.62. The van der Waals surface area contributed by atoms with E-state index in [4.69, 9.17) is 0 Å². The molecule has 27 heavy (non-hydrogen) atoms. The van der Waals surface area contributed by atoms with E-state index in [2.05, 4.69) is 22.0 Å². The molecule has 0 amide bonds. The van der Waals surface area contributed by atoms with Crippen LogP contribution < -0.4 is 56.5 Å². The van der Waals surface area contributed by atoms with Gasteiger partial charge in [-0.2, -0.15) is 0 Å². The summed E-state index contributed by atoms with van der Waals surface area (Å²) in [6.07, 6.45) is 2.23. The Kier molecular flexibility index (Phi) is 6.97. The van der Waals surface area contributed by atoms with Crippen LogP contribution in [-0.4, -0.2) is 22.4 Å². The van der Waals surface area contributed by atoms with Crippen LogP contribution in [0.1, 0.15) is 27.2 Å². The molecule has 0 radical (unpaired) electrons. The maximum atomic E-state index is 11.6. The smallest absolute Gasteiger partial charge is 0.545 e. The van der Waals surface area contributed by atoms with Gasteiger partial charge in [0, 0.05) is 31.4 Å². The Bertz CT molecular complexity index is 930. The molecule has 4 nitrogen and oxygen atoms in total. The van der Waals surface area contributed by atoms with Gasteiger partial charge in [0.1, 0.15) is 0 Å². The van der Waals surface area contributed by atoms with Crippen molar-refractivity contribution in [1.82, 2.24) is 9.88 Å². The molecule has 130 valence electrons. The van der Waals surface area contributed by atoms with Gasteiger partial charge in [-0.05, 0) is 28.7 Å². The van der Waals surface area contributed by atoms with Crippen molar-refractivity contribution < 1.29 is 61.3 Å². The first-order valence-corrected chi connectivity index (χ1v) is 8.76. The number of pyridine rings is 1. The van der Waals surface area contributed by atoms with E-state index in [0.717, 1.165) is 48.4 Å². The zero-order valence-corrected chi connectivity index (χ0v) is 18.5. The van der Waals surface area contributed by atoms with Crippen molar-refractivity contribution in [2.45, 2.75) is 19.5 Å². The van der Waals surface area contributed by atoms with Gasteiger partial charge in [-0.3, -0.25) is 9.88 Å². The predicted molar refractivity (Wildman–Crippen MR) is 98.3 cm³/mol. The van der Waals surface area contributed by atoms with E-state index in [-0.39, 0.29) is 56.9 Å². The van der Waals surface area contributed by atoms with Crippen LogP contribution in [0.3, 0.4) is 0 Å². The molecule has 0 atom stereocenters. The fourth-order valence-corrected chi connectivity index (χ4v) is 3.62. The number of benzene rings is 2. The molecule has 5 heteroatoms. The van der Waals surface area contributed by atoms with Gasteiger partial charge in [-0.15, -0.1) is 0 Å². The molecule has 3 aromatic rings. The molecule has 0 bridgehead atoms. The van der Waals surface area contributed by atoms with Crippen LogP contribution >= 0.6 is 0 Å². The number of rotatable bonds is 4. The van der Waals surface area contributed by atoms with Gasteiger partial charge in [0.15, 0.2) is 0 Å². The Morgan fingerprint density at radius 1 is 1.04 bits per heavy atom. The first-order valence-electron chi connectivity index (χ1n) is 8.76. The monoisotopic (exact) mass is 382 g/mol. The standard InChI is InChI=1S/C22H20N2O2.K/c25-22(26)19-13-23-20-15-24(14-16-7-3-1-4-8-16)12-11-18(20)21(19)17-9-5-2-6-10-17;/h1-10,13H,11-12,14-15H2,(H,25,26);/q;+1/p-1. The summed E-state index contributed by atoms with van der Waals surface area (Å²) in [5, 5.41) is 11.6. The van der Waals surface area contributed by atoms with Crippen LogP contribution in [0.4, 0.5) is 0 Å². The zero-order chi connectivity index (χ0) is 17.9. The van der Waals surface area contributed by atoms with Crippen molar-refractivity contribution in [3.05, 3.63) is 89.2 Å². The number of hydrogen-bond acceptors (Lipinski definition) is 4. The molecular weight excluding hydrogens is 363 g/mol. The molecule has 4 rings (SSSR count). The number of aromatic nitrogens is 1. The molecular formula is C22H19KN2O2. The molecule has 0 saturated heterocycles. The van der Waals surface area contributed by atoms with Gasteiger partial charge in [-0.25, -0.2) is 0 Å². The number of hydrogen-bond donors (Lipinski definition) is 0. The van der Waals surface area contributed by atoms with Gasteiger partial charge >= 0.3 is 51.4 Å². The Morgan fingerprint density at radius 3 is 2.37 bits per heavy atom. The summed E-state index contributed by atoms with van der Waals surface area (Å²) in [6.45, 7) is 2.46.